The van der Waals surface area contributed by atoms with Crippen LogP contribution in [0.25, 0.3) is 0 Å². The van der Waals surface area contributed by atoms with Gasteiger partial charge in [-0.05, 0) is 38.1 Å². The topological polar surface area (TPSA) is 85.5 Å². The molecule has 132 valence electrons. The van der Waals surface area contributed by atoms with E-state index >= 15 is 0 Å². The van der Waals surface area contributed by atoms with Crippen LogP contribution in [0.5, 0.6) is 0 Å². The molecule has 0 aliphatic carbocycles. The van der Waals surface area contributed by atoms with Crippen LogP contribution >= 0.6 is 0 Å². The molecular weight excluding hydrogens is 306 g/mol. The number of carbonyl (C=O) groups excluding carboxylic acids is 2. The van der Waals surface area contributed by atoms with Crippen LogP contribution in [0.4, 0.5) is 10.5 Å². The first-order valence-corrected chi connectivity index (χ1v) is 8.43. The molecule has 0 saturated carbocycles. The summed E-state index contributed by atoms with van der Waals surface area (Å²) in [6, 6.07) is 6.70. The second kappa shape index (κ2) is 9.24. The Labute approximate surface area is 143 Å². The first-order chi connectivity index (χ1) is 11.5. The lowest BCUT2D eigenvalue weighted by Gasteiger charge is -2.27. The largest absolute Gasteiger partial charge is 0.351 e. The van der Waals surface area contributed by atoms with Crippen LogP contribution < -0.4 is 21.3 Å². The molecule has 1 aliphatic rings. The molecule has 1 aromatic rings. The molecule has 0 aromatic heterocycles. The SMILES string of the molecule is CC(C)NC(=O)Nc1ccc(C(=O)NCCN2CCNCC2)cc1. The van der Waals surface area contributed by atoms with E-state index in [1.807, 2.05) is 13.8 Å². The Hall–Kier alpha value is -2.12. The molecule has 1 heterocycles. The fourth-order valence-corrected chi connectivity index (χ4v) is 2.50. The van der Waals surface area contributed by atoms with Gasteiger partial charge in [0.1, 0.15) is 0 Å². The summed E-state index contributed by atoms with van der Waals surface area (Å²) in [6.45, 7) is 9.35. The van der Waals surface area contributed by atoms with Crippen molar-refractivity contribution in [2.45, 2.75) is 19.9 Å². The Bertz CT molecular complexity index is 538. The van der Waals surface area contributed by atoms with Crippen molar-refractivity contribution < 1.29 is 9.59 Å². The third-order valence-corrected chi connectivity index (χ3v) is 3.75. The first kappa shape index (κ1) is 18.2. The van der Waals surface area contributed by atoms with E-state index in [1.54, 1.807) is 24.3 Å². The quantitative estimate of drug-likeness (QED) is 0.622. The maximum atomic E-state index is 12.1. The smallest absolute Gasteiger partial charge is 0.319 e. The zero-order valence-corrected chi connectivity index (χ0v) is 14.4. The number of rotatable bonds is 6. The Kier molecular flexibility index (Phi) is 7.02. The summed E-state index contributed by atoms with van der Waals surface area (Å²) in [4.78, 5) is 26.1. The second-order valence-electron chi connectivity index (χ2n) is 6.18. The van der Waals surface area contributed by atoms with Crippen LogP contribution in [0.3, 0.4) is 0 Å². The number of hydrogen-bond donors (Lipinski definition) is 4. The predicted molar refractivity (Wildman–Crippen MR) is 95.4 cm³/mol. The van der Waals surface area contributed by atoms with E-state index in [0.717, 1.165) is 32.7 Å². The number of benzene rings is 1. The van der Waals surface area contributed by atoms with Gasteiger partial charge in [-0.25, -0.2) is 4.79 Å². The molecule has 1 saturated heterocycles. The standard InChI is InChI=1S/C17H27N5O2/c1-13(2)20-17(24)21-15-5-3-14(4-6-15)16(23)19-9-12-22-10-7-18-8-11-22/h3-6,13,18H,7-12H2,1-2H3,(H,19,23)(H2,20,21,24). The van der Waals surface area contributed by atoms with E-state index in [-0.39, 0.29) is 18.0 Å². The van der Waals surface area contributed by atoms with Gasteiger partial charge in [-0.15, -0.1) is 0 Å². The van der Waals surface area contributed by atoms with Gasteiger partial charge in [0, 0.05) is 56.6 Å². The first-order valence-electron chi connectivity index (χ1n) is 8.43. The Balaban J connectivity index is 1.75. The van der Waals surface area contributed by atoms with Crippen molar-refractivity contribution >= 4 is 17.6 Å². The summed E-state index contributed by atoms with van der Waals surface area (Å²) in [5.74, 6) is -0.0942. The summed E-state index contributed by atoms with van der Waals surface area (Å²) in [6.07, 6.45) is 0. The molecule has 1 fully saturated rings. The van der Waals surface area contributed by atoms with Gasteiger partial charge >= 0.3 is 6.03 Å². The predicted octanol–water partition coefficient (Wildman–Crippen LogP) is 0.852. The van der Waals surface area contributed by atoms with Crippen LogP contribution in [-0.4, -0.2) is 62.1 Å². The zero-order chi connectivity index (χ0) is 17.4. The minimum atomic E-state index is -0.252. The number of nitrogens with one attached hydrogen (secondary N) is 4. The lowest BCUT2D eigenvalue weighted by Crippen LogP contribution is -2.46. The molecule has 24 heavy (non-hydrogen) atoms. The van der Waals surface area contributed by atoms with Crippen molar-refractivity contribution in [2.24, 2.45) is 0 Å². The normalized spacial score (nSPS) is 15.1. The maximum Gasteiger partial charge on any atom is 0.319 e. The van der Waals surface area contributed by atoms with Gasteiger partial charge in [-0.3, -0.25) is 9.69 Å². The van der Waals surface area contributed by atoms with E-state index in [9.17, 15) is 9.59 Å². The number of piperazine rings is 1. The molecule has 0 unspecified atom stereocenters. The lowest BCUT2D eigenvalue weighted by atomic mass is 10.2. The van der Waals surface area contributed by atoms with E-state index in [4.69, 9.17) is 0 Å². The minimum absolute atomic E-state index is 0.0748. The fourth-order valence-electron chi connectivity index (χ4n) is 2.50. The van der Waals surface area contributed by atoms with Gasteiger partial charge < -0.3 is 21.3 Å². The number of carbonyl (C=O) groups is 2. The van der Waals surface area contributed by atoms with Crippen molar-refractivity contribution in [1.82, 2.24) is 20.9 Å². The van der Waals surface area contributed by atoms with Crippen LogP contribution in [0.2, 0.25) is 0 Å². The maximum absolute atomic E-state index is 12.1. The second-order valence-corrected chi connectivity index (χ2v) is 6.18. The zero-order valence-electron chi connectivity index (χ0n) is 14.4. The van der Waals surface area contributed by atoms with E-state index in [1.165, 1.54) is 0 Å². The Morgan fingerprint density at radius 1 is 1.17 bits per heavy atom. The summed E-state index contributed by atoms with van der Waals surface area (Å²) >= 11 is 0. The number of amides is 3. The molecule has 0 bridgehead atoms. The van der Waals surface area contributed by atoms with Crippen molar-refractivity contribution in [1.29, 1.82) is 0 Å². The van der Waals surface area contributed by atoms with Gasteiger partial charge in [0.2, 0.25) is 0 Å². The summed E-state index contributed by atoms with van der Waals surface area (Å²) in [5, 5.41) is 11.7. The van der Waals surface area contributed by atoms with Gasteiger partial charge in [0.15, 0.2) is 0 Å². The van der Waals surface area contributed by atoms with E-state index in [2.05, 4.69) is 26.2 Å². The highest BCUT2D eigenvalue weighted by molar-refractivity contribution is 5.95. The van der Waals surface area contributed by atoms with Crippen LogP contribution in [0, 0.1) is 0 Å². The van der Waals surface area contributed by atoms with Gasteiger partial charge in [-0.2, -0.15) is 0 Å². The van der Waals surface area contributed by atoms with Crippen molar-refractivity contribution in [3.05, 3.63) is 29.8 Å². The third-order valence-electron chi connectivity index (χ3n) is 3.75. The van der Waals surface area contributed by atoms with Crippen LogP contribution in [0.15, 0.2) is 24.3 Å². The molecule has 2 rings (SSSR count). The monoisotopic (exact) mass is 333 g/mol. The summed E-state index contributed by atoms with van der Waals surface area (Å²) in [7, 11) is 0. The van der Waals surface area contributed by atoms with Crippen LogP contribution in [0.1, 0.15) is 24.2 Å². The molecule has 1 aromatic carbocycles. The summed E-state index contributed by atoms with van der Waals surface area (Å²) in [5.41, 5.74) is 1.25. The van der Waals surface area contributed by atoms with Gasteiger partial charge in [-0.1, -0.05) is 0 Å². The van der Waals surface area contributed by atoms with Crippen molar-refractivity contribution in [3.63, 3.8) is 0 Å². The Morgan fingerprint density at radius 3 is 2.46 bits per heavy atom. The van der Waals surface area contributed by atoms with Gasteiger partial charge in [0.25, 0.3) is 5.91 Å². The highest BCUT2D eigenvalue weighted by Gasteiger charge is 2.10. The molecule has 7 nitrogen and oxygen atoms in total. The van der Waals surface area contributed by atoms with E-state index < -0.39 is 0 Å². The molecular formula is C17H27N5O2. The average Bonchev–Trinajstić information content (AvgIpc) is 2.55. The van der Waals surface area contributed by atoms with Crippen molar-refractivity contribution in [3.8, 4) is 0 Å². The Morgan fingerprint density at radius 2 is 1.83 bits per heavy atom. The number of urea groups is 1. The molecule has 0 spiro atoms. The molecule has 7 heteroatoms. The lowest BCUT2D eigenvalue weighted by molar-refractivity contribution is 0.0947. The number of nitrogens with zero attached hydrogens (tertiary/aromatic N) is 1. The molecule has 4 N–H and O–H groups in total. The van der Waals surface area contributed by atoms with Crippen LogP contribution in [-0.2, 0) is 0 Å². The highest BCUT2D eigenvalue weighted by Crippen LogP contribution is 2.09. The number of hydrogen-bond acceptors (Lipinski definition) is 4. The summed E-state index contributed by atoms with van der Waals surface area (Å²) < 4.78 is 0. The van der Waals surface area contributed by atoms with E-state index in [0.29, 0.717) is 17.8 Å². The highest BCUT2D eigenvalue weighted by atomic mass is 16.2. The molecule has 0 radical (unpaired) electrons. The average molecular weight is 333 g/mol. The molecule has 1 aliphatic heterocycles. The van der Waals surface area contributed by atoms with Gasteiger partial charge in [0.05, 0.1) is 0 Å². The molecule has 0 atom stereocenters. The fraction of sp³-hybridized carbons (Fsp3) is 0.529. The molecule has 3 amide bonds. The minimum Gasteiger partial charge on any atom is -0.351 e. The number of anilines is 1. The van der Waals surface area contributed by atoms with Crippen molar-refractivity contribution in [2.75, 3.05) is 44.6 Å². The third kappa shape index (κ3) is 6.17.